The summed E-state index contributed by atoms with van der Waals surface area (Å²) < 4.78 is 25.2. The van der Waals surface area contributed by atoms with Gasteiger partial charge in [0.1, 0.15) is 35.0 Å². The molecular formula is C42H38FeN2O7+2. The average molecular weight is 739 g/mol. The molecule has 0 unspecified atom stereocenters. The van der Waals surface area contributed by atoms with E-state index in [9.17, 15) is 14.7 Å². The van der Waals surface area contributed by atoms with E-state index in [1.54, 1.807) is 14.2 Å². The van der Waals surface area contributed by atoms with E-state index in [-0.39, 0.29) is 35.7 Å². The summed E-state index contributed by atoms with van der Waals surface area (Å²) in [4.78, 5) is 27.7. The van der Waals surface area contributed by atoms with Crippen molar-refractivity contribution in [3.8, 4) is 23.3 Å². The maximum absolute atomic E-state index is 12.8. The molecule has 2 saturated carbocycles. The SMILES string of the molecule is COc1ccc(C(OC[C@H]2O[C@@H](n3cc(C#C[C]4[CH][CH][CH][CH]4)c(=O)[nH]c3=O)C[C@@H]2O)(c2ccccc2)c2ccc(OC)cc2)cc1.[CH]1[CH][CH][CH][CH]1.[Fe+2]. The van der Waals surface area contributed by atoms with Gasteiger partial charge in [0.05, 0.1) is 32.8 Å². The quantitative estimate of drug-likeness (QED) is 0.142. The first-order valence-electron chi connectivity index (χ1n) is 16.5. The molecule has 2 aliphatic carbocycles. The van der Waals surface area contributed by atoms with Gasteiger partial charge in [0.15, 0.2) is 0 Å². The second-order valence-corrected chi connectivity index (χ2v) is 11.8. The van der Waals surface area contributed by atoms with Gasteiger partial charge in [-0.05, 0) is 98.7 Å². The zero-order chi connectivity index (χ0) is 35.6. The molecule has 1 aliphatic heterocycles. The molecule has 2 heterocycles. The topological polar surface area (TPSA) is 112 Å². The van der Waals surface area contributed by atoms with Crippen LogP contribution in [0.25, 0.3) is 0 Å². The fourth-order valence-electron chi connectivity index (χ4n) is 6.02. The minimum Gasteiger partial charge on any atom is -0.497 e. The van der Waals surface area contributed by atoms with E-state index in [1.807, 2.05) is 137 Å². The van der Waals surface area contributed by atoms with Crippen molar-refractivity contribution < 1.29 is 41.1 Å². The van der Waals surface area contributed by atoms with Crippen molar-refractivity contribution in [3.63, 3.8) is 0 Å². The van der Waals surface area contributed by atoms with Gasteiger partial charge in [-0.3, -0.25) is 14.3 Å². The molecule has 0 amide bonds. The van der Waals surface area contributed by atoms with Crippen molar-refractivity contribution in [3.05, 3.63) is 192 Å². The molecule has 1 aromatic heterocycles. The zero-order valence-electron chi connectivity index (χ0n) is 28.6. The number of nitrogens with zero attached hydrogens (tertiary/aromatic N) is 1. The number of rotatable bonds is 9. The third kappa shape index (κ3) is 9.09. The summed E-state index contributed by atoms with van der Waals surface area (Å²) in [6.07, 6.45) is 16.2. The van der Waals surface area contributed by atoms with Gasteiger partial charge in [-0.25, -0.2) is 4.79 Å². The fraction of sp³-hybridized carbons (Fsp3) is 0.190. The predicted octanol–water partition coefficient (Wildman–Crippen LogP) is 4.99. The maximum Gasteiger partial charge on any atom is 2.00 e. The molecule has 1 saturated heterocycles. The van der Waals surface area contributed by atoms with Gasteiger partial charge in [-0.1, -0.05) is 66.4 Å². The number of aliphatic hydroxyl groups excluding tert-OH is 1. The minimum absolute atomic E-state index is 0. The van der Waals surface area contributed by atoms with Gasteiger partial charge in [-0.15, -0.1) is 0 Å². The van der Waals surface area contributed by atoms with Crippen LogP contribution in [0.4, 0.5) is 0 Å². The molecule has 3 aliphatic rings. The van der Waals surface area contributed by atoms with Crippen molar-refractivity contribution in [2.45, 2.75) is 30.5 Å². The predicted molar refractivity (Wildman–Crippen MR) is 193 cm³/mol. The zero-order valence-corrected chi connectivity index (χ0v) is 29.7. The largest absolute Gasteiger partial charge is 2.00 e. The van der Waals surface area contributed by atoms with Crippen LogP contribution in [-0.2, 0) is 32.1 Å². The number of benzene rings is 3. The van der Waals surface area contributed by atoms with E-state index in [4.69, 9.17) is 18.9 Å². The van der Waals surface area contributed by atoms with Crippen LogP contribution in [0.15, 0.2) is 94.6 Å². The van der Waals surface area contributed by atoms with Crippen LogP contribution in [0.5, 0.6) is 11.5 Å². The number of hydrogen-bond acceptors (Lipinski definition) is 7. The number of aliphatic hydroxyl groups is 1. The third-order valence-corrected chi connectivity index (χ3v) is 8.68. The standard InChI is InChI=1S/C37H33N2O7.C5H5.Fe/c1-43-30-18-14-28(15-19-30)37(27-10-4-3-5-11-27,29-16-20-31(44-2)21-17-29)45-24-33-32(40)22-34(46-33)39-23-26(35(41)38-36(39)42)13-12-25-8-6-7-9-25;1-2-4-5-3-1;/h3-11,14-21,23,32-34,40H,22,24H2,1-2H3,(H,38,41,42);1-5H;/q;;+2/t32-,33+,34+;;/m0../s1. The molecule has 264 valence electrons. The van der Waals surface area contributed by atoms with Crippen molar-refractivity contribution in [2.24, 2.45) is 0 Å². The number of methoxy groups -OCH3 is 2. The molecule has 0 bridgehead atoms. The van der Waals surface area contributed by atoms with Crippen LogP contribution < -0.4 is 20.7 Å². The second-order valence-electron chi connectivity index (χ2n) is 11.8. The number of H-pyrrole nitrogens is 1. The number of hydrogen-bond donors (Lipinski definition) is 2. The van der Waals surface area contributed by atoms with Crippen LogP contribution in [0.3, 0.4) is 0 Å². The Morgan fingerprint density at radius 2 is 1.33 bits per heavy atom. The molecule has 10 heteroatoms. The molecule has 7 rings (SSSR count). The van der Waals surface area contributed by atoms with Crippen molar-refractivity contribution in [1.82, 2.24) is 9.55 Å². The first-order chi connectivity index (χ1) is 24.9. The van der Waals surface area contributed by atoms with E-state index in [1.165, 1.54) is 10.8 Å². The second kappa shape index (κ2) is 18.6. The normalized spacial score (nSPS) is 19.9. The number of ether oxygens (including phenoxy) is 4. The number of aromatic amines is 1. The Bertz CT molecular complexity index is 1830. The van der Waals surface area contributed by atoms with E-state index in [0.717, 1.165) is 22.6 Å². The van der Waals surface area contributed by atoms with Crippen LogP contribution in [0.1, 0.15) is 34.9 Å². The summed E-state index contributed by atoms with van der Waals surface area (Å²) in [7, 11) is 3.22. The van der Waals surface area contributed by atoms with Gasteiger partial charge in [0.2, 0.25) is 0 Å². The van der Waals surface area contributed by atoms with E-state index in [0.29, 0.717) is 11.5 Å². The number of aromatic nitrogens is 2. The summed E-state index contributed by atoms with van der Waals surface area (Å²) in [5.41, 5.74) is 0.277. The van der Waals surface area contributed by atoms with Gasteiger partial charge in [0, 0.05) is 12.6 Å². The average Bonchev–Trinajstić information content (AvgIpc) is 3.98. The number of nitrogens with one attached hydrogen (secondary N) is 1. The summed E-state index contributed by atoms with van der Waals surface area (Å²) in [5, 5.41) is 11.2. The maximum atomic E-state index is 12.8. The fourth-order valence-corrected chi connectivity index (χ4v) is 6.02. The van der Waals surface area contributed by atoms with Gasteiger partial charge >= 0.3 is 22.8 Å². The molecule has 9 nitrogen and oxygen atoms in total. The van der Waals surface area contributed by atoms with Crippen LogP contribution in [0.2, 0.25) is 0 Å². The van der Waals surface area contributed by atoms with Crippen LogP contribution in [0, 0.1) is 75.5 Å². The molecule has 10 radical (unpaired) electrons. The van der Waals surface area contributed by atoms with E-state index < -0.39 is 35.3 Å². The Hall–Kier alpha value is -4.10. The van der Waals surface area contributed by atoms with Crippen molar-refractivity contribution >= 4 is 0 Å². The molecule has 3 atom stereocenters. The molecule has 4 aromatic rings. The van der Waals surface area contributed by atoms with E-state index >= 15 is 0 Å². The molecule has 3 fully saturated rings. The van der Waals surface area contributed by atoms with Gasteiger partial charge < -0.3 is 24.1 Å². The molecule has 52 heavy (non-hydrogen) atoms. The summed E-state index contributed by atoms with van der Waals surface area (Å²) in [6.45, 7) is -0.0215. The smallest absolute Gasteiger partial charge is 0.497 e. The Morgan fingerprint density at radius 1 is 0.788 bits per heavy atom. The molecule has 0 spiro atoms. The first kappa shape index (κ1) is 39.1. The van der Waals surface area contributed by atoms with E-state index in [2.05, 4.69) is 16.8 Å². The minimum atomic E-state index is -1.11. The Kier molecular flexibility index (Phi) is 14.0. The van der Waals surface area contributed by atoms with Gasteiger partial charge in [0.25, 0.3) is 5.56 Å². The Balaban J connectivity index is 0.000000803. The summed E-state index contributed by atoms with van der Waals surface area (Å²) in [5.74, 6) is 7.90. The Morgan fingerprint density at radius 3 is 1.87 bits per heavy atom. The third-order valence-electron chi connectivity index (χ3n) is 8.68. The summed E-state index contributed by atoms with van der Waals surface area (Å²) in [6, 6.07) is 25.1. The Labute approximate surface area is 316 Å². The molecule has 2 N–H and O–H groups in total. The van der Waals surface area contributed by atoms with Gasteiger partial charge in [-0.2, -0.15) is 0 Å². The monoisotopic (exact) mass is 738 g/mol. The molecular weight excluding hydrogens is 700 g/mol. The van der Waals surface area contributed by atoms with Crippen molar-refractivity contribution in [1.29, 1.82) is 0 Å². The molecule has 3 aromatic carbocycles. The summed E-state index contributed by atoms with van der Waals surface area (Å²) >= 11 is 0. The van der Waals surface area contributed by atoms with Crippen LogP contribution in [-0.4, -0.2) is 47.7 Å². The first-order valence-corrected chi connectivity index (χ1v) is 16.5. The van der Waals surface area contributed by atoms with Crippen molar-refractivity contribution in [2.75, 3.05) is 20.8 Å². The van der Waals surface area contributed by atoms with Crippen LogP contribution >= 0.6 is 0 Å².